The molecular formula is C17H21BrN4O2. The number of halogens is 1. The molecule has 2 amide bonds. The van der Waals surface area contributed by atoms with Crippen molar-refractivity contribution in [2.45, 2.75) is 27.7 Å². The average Bonchev–Trinajstić information content (AvgIpc) is 2.82. The number of nitrogens with zero attached hydrogens (tertiary/aromatic N) is 2. The van der Waals surface area contributed by atoms with Crippen molar-refractivity contribution in [3.05, 3.63) is 44.7 Å². The van der Waals surface area contributed by atoms with Crippen LogP contribution in [-0.2, 0) is 4.79 Å². The van der Waals surface area contributed by atoms with Gasteiger partial charge in [0, 0.05) is 18.4 Å². The van der Waals surface area contributed by atoms with Crippen molar-refractivity contribution in [2.75, 3.05) is 18.9 Å². The van der Waals surface area contributed by atoms with E-state index in [0.29, 0.717) is 4.47 Å². The Balaban J connectivity index is 2.07. The number of anilines is 1. The number of rotatable bonds is 4. The molecule has 0 spiro atoms. The van der Waals surface area contributed by atoms with Gasteiger partial charge in [0.15, 0.2) is 5.69 Å². The zero-order valence-corrected chi connectivity index (χ0v) is 16.0. The molecule has 0 radical (unpaired) electrons. The molecule has 0 saturated carbocycles. The van der Waals surface area contributed by atoms with E-state index in [9.17, 15) is 9.59 Å². The summed E-state index contributed by atoms with van der Waals surface area (Å²) < 4.78 is 0.616. The fourth-order valence-electron chi connectivity index (χ4n) is 2.58. The molecule has 0 bridgehead atoms. The lowest BCUT2D eigenvalue weighted by molar-refractivity contribution is -0.116. The fraction of sp³-hybridized carbons (Fsp3) is 0.353. The summed E-state index contributed by atoms with van der Waals surface area (Å²) in [7, 11) is 1.58. The van der Waals surface area contributed by atoms with Crippen molar-refractivity contribution in [3.8, 4) is 0 Å². The minimum Gasteiger partial charge on any atom is -0.331 e. The standard InChI is InChI=1S/C17H21BrN4O2/c1-9-6-10(2)15(11(3)7-9)19-13(23)8-22(5)17(24)16-14(18)12(4)20-21-16/h6-7H,8H2,1-5H3,(H,19,23)(H,20,21). The van der Waals surface area contributed by atoms with Gasteiger partial charge in [0.25, 0.3) is 5.91 Å². The Kier molecular flexibility index (Phi) is 5.43. The summed E-state index contributed by atoms with van der Waals surface area (Å²) in [6.07, 6.45) is 0. The zero-order chi connectivity index (χ0) is 18.0. The highest BCUT2D eigenvalue weighted by molar-refractivity contribution is 9.10. The summed E-state index contributed by atoms with van der Waals surface area (Å²) in [6.45, 7) is 7.68. The Labute approximate surface area is 149 Å². The number of aromatic nitrogens is 2. The molecule has 128 valence electrons. The first-order valence-electron chi connectivity index (χ1n) is 7.54. The molecule has 1 heterocycles. The number of carbonyl (C=O) groups excluding carboxylic acids is 2. The van der Waals surface area contributed by atoms with Gasteiger partial charge in [-0.25, -0.2) is 0 Å². The van der Waals surface area contributed by atoms with Crippen LogP contribution in [0, 0.1) is 27.7 Å². The number of benzene rings is 1. The maximum absolute atomic E-state index is 12.4. The second kappa shape index (κ2) is 7.17. The monoisotopic (exact) mass is 392 g/mol. The summed E-state index contributed by atoms with van der Waals surface area (Å²) in [5, 5.41) is 9.60. The normalized spacial score (nSPS) is 10.6. The van der Waals surface area contributed by atoms with Crippen LogP contribution in [0.15, 0.2) is 16.6 Å². The molecule has 0 fully saturated rings. The number of aromatic amines is 1. The van der Waals surface area contributed by atoms with E-state index in [4.69, 9.17) is 0 Å². The van der Waals surface area contributed by atoms with Crippen LogP contribution < -0.4 is 5.32 Å². The molecule has 2 aromatic rings. The fourth-order valence-corrected chi connectivity index (χ4v) is 2.93. The Bertz CT molecular complexity index is 775. The van der Waals surface area contributed by atoms with E-state index in [1.807, 2.05) is 39.8 Å². The van der Waals surface area contributed by atoms with Gasteiger partial charge in [0.1, 0.15) is 0 Å². The third-order valence-electron chi connectivity index (χ3n) is 3.74. The molecule has 2 N–H and O–H groups in total. The maximum Gasteiger partial charge on any atom is 0.275 e. The van der Waals surface area contributed by atoms with Crippen molar-refractivity contribution in [3.63, 3.8) is 0 Å². The lowest BCUT2D eigenvalue weighted by Crippen LogP contribution is -2.35. The quantitative estimate of drug-likeness (QED) is 0.838. The van der Waals surface area contributed by atoms with Gasteiger partial charge in [-0.1, -0.05) is 17.7 Å². The molecule has 24 heavy (non-hydrogen) atoms. The first-order chi connectivity index (χ1) is 11.2. The third kappa shape index (κ3) is 3.84. The largest absolute Gasteiger partial charge is 0.331 e. The second-order valence-corrected chi connectivity index (χ2v) is 6.79. The number of amides is 2. The number of likely N-dealkylation sites (N-methyl/N-ethyl adjacent to an activating group) is 1. The Hall–Kier alpha value is -2.15. The molecule has 0 saturated heterocycles. The van der Waals surface area contributed by atoms with Gasteiger partial charge < -0.3 is 10.2 Å². The summed E-state index contributed by atoms with van der Waals surface area (Å²) in [5.41, 5.74) is 4.98. The SMILES string of the molecule is Cc1cc(C)c(NC(=O)CN(C)C(=O)c2n[nH]c(C)c2Br)c(C)c1. The highest BCUT2D eigenvalue weighted by Crippen LogP contribution is 2.22. The predicted molar refractivity (Wildman–Crippen MR) is 97.3 cm³/mol. The van der Waals surface area contributed by atoms with Gasteiger partial charge in [0.05, 0.1) is 11.0 Å². The molecule has 0 aliphatic heterocycles. The molecule has 0 unspecified atom stereocenters. The van der Waals surface area contributed by atoms with E-state index in [1.165, 1.54) is 4.90 Å². The topological polar surface area (TPSA) is 78.1 Å². The zero-order valence-electron chi connectivity index (χ0n) is 14.5. The van der Waals surface area contributed by atoms with Crippen LogP contribution in [-0.4, -0.2) is 40.5 Å². The highest BCUT2D eigenvalue weighted by Gasteiger charge is 2.21. The Morgan fingerprint density at radius 2 is 1.79 bits per heavy atom. The van der Waals surface area contributed by atoms with Crippen molar-refractivity contribution in [1.29, 1.82) is 0 Å². The van der Waals surface area contributed by atoms with Gasteiger partial charge in [-0.2, -0.15) is 5.10 Å². The predicted octanol–water partition coefficient (Wildman–Crippen LogP) is 3.12. The lowest BCUT2D eigenvalue weighted by Gasteiger charge is -2.18. The number of hydrogen-bond acceptors (Lipinski definition) is 3. The van der Waals surface area contributed by atoms with Crippen molar-refractivity contribution >= 4 is 33.4 Å². The van der Waals surface area contributed by atoms with Crippen LogP contribution in [0.1, 0.15) is 32.9 Å². The minimum atomic E-state index is -0.321. The van der Waals surface area contributed by atoms with E-state index in [-0.39, 0.29) is 24.1 Å². The van der Waals surface area contributed by atoms with Crippen molar-refractivity contribution < 1.29 is 9.59 Å². The van der Waals surface area contributed by atoms with Gasteiger partial charge in [-0.15, -0.1) is 0 Å². The van der Waals surface area contributed by atoms with Gasteiger partial charge in [0.2, 0.25) is 5.91 Å². The third-order valence-corrected chi connectivity index (χ3v) is 4.71. The van der Waals surface area contributed by atoms with E-state index < -0.39 is 0 Å². The molecule has 1 aromatic heterocycles. The van der Waals surface area contributed by atoms with E-state index in [2.05, 4.69) is 31.4 Å². The average molecular weight is 393 g/mol. The number of carbonyl (C=O) groups is 2. The smallest absolute Gasteiger partial charge is 0.275 e. The van der Waals surface area contributed by atoms with E-state index in [1.54, 1.807) is 7.05 Å². The second-order valence-electron chi connectivity index (χ2n) is 5.99. The maximum atomic E-state index is 12.4. The summed E-state index contributed by atoms with van der Waals surface area (Å²) in [4.78, 5) is 26.0. The van der Waals surface area contributed by atoms with Gasteiger partial charge >= 0.3 is 0 Å². The van der Waals surface area contributed by atoms with E-state index in [0.717, 1.165) is 28.1 Å². The van der Waals surface area contributed by atoms with Crippen LogP contribution in [0.4, 0.5) is 5.69 Å². The Morgan fingerprint density at radius 1 is 1.21 bits per heavy atom. The number of nitrogens with one attached hydrogen (secondary N) is 2. The van der Waals surface area contributed by atoms with Crippen LogP contribution >= 0.6 is 15.9 Å². The van der Waals surface area contributed by atoms with Crippen LogP contribution in [0.2, 0.25) is 0 Å². The van der Waals surface area contributed by atoms with Gasteiger partial charge in [-0.05, 0) is 54.8 Å². The van der Waals surface area contributed by atoms with Gasteiger partial charge in [-0.3, -0.25) is 14.7 Å². The molecule has 2 rings (SSSR count). The van der Waals surface area contributed by atoms with Crippen molar-refractivity contribution in [1.82, 2.24) is 15.1 Å². The van der Waals surface area contributed by atoms with E-state index >= 15 is 0 Å². The first-order valence-corrected chi connectivity index (χ1v) is 8.33. The van der Waals surface area contributed by atoms with Crippen LogP contribution in [0.3, 0.4) is 0 Å². The number of aryl methyl sites for hydroxylation is 4. The van der Waals surface area contributed by atoms with Crippen LogP contribution in [0.25, 0.3) is 0 Å². The summed E-state index contributed by atoms with van der Waals surface area (Å²) in [6, 6.07) is 4.03. The molecule has 1 aromatic carbocycles. The summed E-state index contributed by atoms with van der Waals surface area (Å²) >= 11 is 3.32. The number of hydrogen-bond donors (Lipinski definition) is 2. The lowest BCUT2D eigenvalue weighted by atomic mass is 10.1. The minimum absolute atomic E-state index is 0.0516. The first kappa shape index (κ1) is 18.2. The molecule has 6 nitrogen and oxygen atoms in total. The van der Waals surface area contributed by atoms with Crippen molar-refractivity contribution in [2.24, 2.45) is 0 Å². The number of H-pyrrole nitrogens is 1. The summed E-state index contributed by atoms with van der Waals surface area (Å²) in [5.74, 6) is -0.567. The van der Waals surface area contributed by atoms with Crippen LogP contribution in [0.5, 0.6) is 0 Å². The molecule has 7 heteroatoms. The Morgan fingerprint density at radius 3 is 2.29 bits per heavy atom. The molecular weight excluding hydrogens is 372 g/mol. The molecule has 0 atom stereocenters. The molecule has 0 aliphatic rings. The highest BCUT2D eigenvalue weighted by atomic mass is 79.9. The molecule has 0 aliphatic carbocycles.